The molecule has 25 heavy (non-hydrogen) atoms. The third kappa shape index (κ3) is 4.09. The van der Waals surface area contributed by atoms with Gasteiger partial charge >= 0.3 is 0 Å². The molecule has 0 bridgehead atoms. The van der Waals surface area contributed by atoms with Crippen LogP contribution in [0.2, 0.25) is 0 Å². The van der Waals surface area contributed by atoms with Gasteiger partial charge in [-0.05, 0) is 56.7 Å². The Morgan fingerprint density at radius 3 is 2.80 bits per heavy atom. The van der Waals surface area contributed by atoms with Crippen LogP contribution in [0.15, 0.2) is 23.0 Å². The lowest BCUT2D eigenvalue weighted by molar-refractivity contribution is -0.144. The first-order valence-electron chi connectivity index (χ1n) is 9.77. The Hall–Kier alpha value is -1.33. The van der Waals surface area contributed by atoms with Crippen molar-refractivity contribution in [2.75, 3.05) is 39.9 Å². The molecule has 1 aromatic rings. The largest absolute Gasteiger partial charge is 0.472 e. The van der Waals surface area contributed by atoms with Crippen molar-refractivity contribution in [1.82, 2.24) is 9.80 Å². The second-order valence-corrected chi connectivity index (χ2v) is 8.22. The van der Waals surface area contributed by atoms with Gasteiger partial charge in [-0.1, -0.05) is 0 Å². The van der Waals surface area contributed by atoms with Gasteiger partial charge in [-0.25, -0.2) is 0 Å². The fraction of sp³-hybridized carbons (Fsp3) is 0.750. The van der Waals surface area contributed by atoms with E-state index in [9.17, 15) is 4.79 Å². The molecule has 1 aromatic heterocycles. The van der Waals surface area contributed by atoms with Crippen LogP contribution in [-0.4, -0.2) is 55.6 Å². The second kappa shape index (κ2) is 7.50. The number of rotatable bonds is 6. The minimum atomic E-state index is 0.169. The lowest BCUT2D eigenvalue weighted by Gasteiger charge is -2.41. The van der Waals surface area contributed by atoms with Crippen molar-refractivity contribution in [3.05, 3.63) is 24.2 Å². The molecule has 3 atom stereocenters. The molecule has 138 valence electrons. The van der Waals surface area contributed by atoms with E-state index in [1.54, 1.807) is 6.26 Å². The van der Waals surface area contributed by atoms with Crippen LogP contribution in [0.25, 0.3) is 0 Å². The molecular formula is C20H30N2O3. The van der Waals surface area contributed by atoms with E-state index in [4.69, 9.17) is 9.15 Å². The van der Waals surface area contributed by atoms with Crippen LogP contribution in [0.3, 0.4) is 0 Å². The molecule has 0 spiro atoms. The van der Waals surface area contributed by atoms with Crippen LogP contribution >= 0.6 is 0 Å². The lowest BCUT2D eigenvalue weighted by atomic mass is 9.75. The number of carbonyl (C=O) groups is 1. The predicted octanol–water partition coefficient (Wildman–Crippen LogP) is 2.62. The molecule has 3 heterocycles. The molecule has 3 aliphatic rings. The maximum absolute atomic E-state index is 12.7. The summed E-state index contributed by atoms with van der Waals surface area (Å²) in [5.41, 5.74) is 1.22. The van der Waals surface area contributed by atoms with E-state index in [-0.39, 0.29) is 5.92 Å². The quantitative estimate of drug-likeness (QED) is 0.794. The van der Waals surface area contributed by atoms with E-state index in [2.05, 4.69) is 4.90 Å². The Labute approximate surface area is 150 Å². The maximum atomic E-state index is 12.7. The van der Waals surface area contributed by atoms with Gasteiger partial charge < -0.3 is 14.1 Å². The van der Waals surface area contributed by atoms with E-state index >= 15 is 0 Å². The smallest absolute Gasteiger partial charge is 0.225 e. The molecule has 2 aliphatic heterocycles. The average Bonchev–Trinajstić information content (AvgIpc) is 3.33. The summed E-state index contributed by atoms with van der Waals surface area (Å²) in [5.74, 6) is 2.27. The first-order valence-corrected chi connectivity index (χ1v) is 9.77. The summed E-state index contributed by atoms with van der Waals surface area (Å²) < 4.78 is 11.2. The monoisotopic (exact) mass is 346 g/mol. The van der Waals surface area contributed by atoms with Crippen LogP contribution in [0.4, 0.5) is 0 Å². The Bertz CT molecular complexity index is 570. The highest BCUT2D eigenvalue weighted by Crippen LogP contribution is 2.37. The van der Waals surface area contributed by atoms with Crippen molar-refractivity contribution < 1.29 is 13.9 Å². The van der Waals surface area contributed by atoms with Gasteiger partial charge in [-0.15, -0.1) is 0 Å². The summed E-state index contributed by atoms with van der Waals surface area (Å²) in [5, 5.41) is 0. The van der Waals surface area contributed by atoms with Gasteiger partial charge in [0.2, 0.25) is 5.91 Å². The Kier molecular flexibility index (Phi) is 5.13. The maximum Gasteiger partial charge on any atom is 0.225 e. The number of ether oxygens (including phenoxy) is 1. The zero-order valence-corrected chi connectivity index (χ0v) is 15.2. The summed E-state index contributed by atoms with van der Waals surface area (Å²) in [6.07, 6.45) is 8.28. The molecule has 0 aromatic carbocycles. The van der Waals surface area contributed by atoms with Gasteiger partial charge in [0.25, 0.3) is 0 Å². The Balaban J connectivity index is 1.38. The normalized spacial score (nSPS) is 31.0. The summed E-state index contributed by atoms with van der Waals surface area (Å²) in [6.45, 7) is 5.55. The number of fused-ring (bicyclic) bond motifs is 1. The number of furan rings is 1. The third-order valence-corrected chi connectivity index (χ3v) is 6.23. The van der Waals surface area contributed by atoms with E-state index in [0.29, 0.717) is 17.7 Å². The molecule has 0 radical (unpaired) electrons. The van der Waals surface area contributed by atoms with E-state index in [1.807, 2.05) is 24.3 Å². The highest BCUT2D eigenvalue weighted by Gasteiger charge is 2.42. The van der Waals surface area contributed by atoms with Crippen LogP contribution in [0.1, 0.15) is 31.2 Å². The van der Waals surface area contributed by atoms with Gasteiger partial charge in [-0.2, -0.15) is 0 Å². The standard InChI is InChI=1S/C20H30N2O3/c1-21-11-17(14-25-12-15-2-3-15)18-4-7-22(8-5-19(18)20(21)23)10-16-6-9-24-13-16/h6,9,13,15,17-19H,2-5,7-8,10-12,14H2,1H3/t17-,18-,19-/m1/s1. The topological polar surface area (TPSA) is 45.9 Å². The molecule has 5 nitrogen and oxygen atoms in total. The van der Waals surface area contributed by atoms with E-state index in [1.165, 1.54) is 18.4 Å². The van der Waals surface area contributed by atoms with Crippen molar-refractivity contribution in [1.29, 1.82) is 0 Å². The number of likely N-dealkylation sites (tertiary alicyclic amines) is 2. The van der Waals surface area contributed by atoms with Crippen LogP contribution < -0.4 is 0 Å². The van der Waals surface area contributed by atoms with Crippen LogP contribution in [0.5, 0.6) is 0 Å². The van der Waals surface area contributed by atoms with Gasteiger partial charge in [0, 0.05) is 44.1 Å². The number of piperidine rings is 1. The molecule has 3 fully saturated rings. The van der Waals surface area contributed by atoms with E-state index < -0.39 is 0 Å². The van der Waals surface area contributed by atoms with Crippen molar-refractivity contribution in [3.8, 4) is 0 Å². The zero-order valence-electron chi connectivity index (χ0n) is 15.2. The zero-order chi connectivity index (χ0) is 17.2. The molecule has 1 aliphatic carbocycles. The first-order chi connectivity index (χ1) is 12.2. The van der Waals surface area contributed by atoms with Gasteiger partial charge in [0.1, 0.15) is 0 Å². The summed E-state index contributed by atoms with van der Waals surface area (Å²) in [6, 6.07) is 2.03. The van der Waals surface area contributed by atoms with Gasteiger partial charge in [-0.3, -0.25) is 9.69 Å². The predicted molar refractivity (Wildman–Crippen MR) is 94.9 cm³/mol. The lowest BCUT2D eigenvalue weighted by Crippen LogP contribution is -2.50. The van der Waals surface area contributed by atoms with Crippen LogP contribution in [0, 0.1) is 23.7 Å². The number of amides is 1. The average molecular weight is 346 g/mol. The van der Waals surface area contributed by atoms with E-state index in [0.717, 1.165) is 58.2 Å². The fourth-order valence-electron chi connectivity index (χ4n) is 4.56. The summed E-state index contributed by atoms with van der Waals surface area (Å²) in [7, 11) is 1.96. The van der Waals surface area contributed by atoms with Crippen molar-refractivity contribution in [2.24, 2.45) is 23.7 Å². The first kappa shape index (κ1) is 17.1. The van der Waals surface area contributed by atoms with Gasteiger partial charge in [0.15, 0.2) is 0 Å². The van der Waals surface area contributed by atoms with Crippen molar-refractivity contribution in [2.45, 2.75) is 32.2 Å². The number of hydrogen-bond donors (Lipinski definition) is 0. The van der Waals surface area contributed by atoms with Crippen molar-refractivity contribution in [3.63, 3.8) is 0 Å². The Morgan fingerprint density at radius 1 is 1.20 bits per heavy atom. The molecule has 2 saturated heterocycles. The molecule has 1 amide bonds. The van der Waals surface area contributed by atoms with Gasteiger partial charge in [0.05, 0.1) is 19.1 Å². The highest BCUT2D eigenvalue weighted by molar-refractivity contribution is 5.79. The van der Waals surface area contributed by atoms with Crippen molar-refractivity contribution >= 4 is 5.91 Å². The minimum Gasteiger partial charge on any atom is -0.472 e. The third-order valence-electron chi connectivity index (χ3n) is 6.23. The SMILES string of the molecule is CN1C[C@H](COCC2CC2)[C@H]2CCN(Cc3ccoc3)CC[C@H]2C1=O. The summed E-state index contributed by atoms with van der Waals surface area (Å²) in [4.78, 5) is 17.1. The fourth-order valence-corrected chi connectivity index (χ4v) is 4.56. The molecule has 5 heteroatoms. The molecule has 0 unspecified atom stereocenters. The number of carbonyl (C=O) groups excluding carboxylic acids is 1. The molecule has 4 rings (SSSR count). The number of hydrogen-bond acceptors (Lipinski definition) is 4. The molecule has 0 N–H and O–H groups in total. The molecular weight excluding hydrogens is 316 g/mol. The number of nitrogens with zero attached hydrogens (tertiary/aromatic N) is 2. The molecule has 1 saturated carbocycles. The second-order valence-electron chi connectivity index (χ2n) is 8.22. The minimum absolute atomic E-state index is 0.169. The Morgan fingerprint density at radius 2 is 2.04 bits per heavy atom. The highest BCUT2D eigenvalue weighted by atomic mass is 16.5. The van der Waals surface area contributed by atoms with Crippen LogP contribution in [-0.2, 0) is 16.1 Å². The summed E-state index contributed by atoms with van der Waals surface area (Å²) >= 11 is 0.